The number of phenolic OH excluding ortho intramolecular Hbond substituents is 1. The number of hydrogen-bond donors (Lipinski definition) is 2. The maximum absolute atomic E-state index is 12.2. The van der Waals surface area contributed by atoms with Gasteiger partial charge < -0.3 is 19.6 Å². The van der Waals surface area contributed by atoms with Gasteiger partial charge in [-0.2, -0.15) is 0 Å². The molecule has 1 aliphatic rings. The lowest BCUT2D eigenvalue weighted by Gasteiger charge is -2.35. The van der Waals surface area contributed by atoms with Gasteiger partial charge in [-0.3, -0.25) is 4.79 Å². The number of hydrogen-bond acceptors (Lipinski definition) is 5. The second-order valence-corrected chi connectivity index (χ2v) is 7.05. The molecule has 27 heavy (non-hydrogen) atoms. The number of carbonyl (C=O) groups is 1. The number of amides is 1. The average Bonchev–Trinajstić information content (AvgIpc) is 3.22. The summed E-state index contributed by atoms with van der Waals surface area (Å²) in [6, 6.07) is 6.95. The van der Waals surface area contributed by atoms with Gasteiger partial charge in [-0.1, -0.05) is 12.1 Å². The predicted octanol–water partition coefficient (Wildman–Crippen LogP) is 1.37. The maximum atomic E-state index is 12.2. The van der Waals surface area contributed by atoms with E-state index >= 15 is 0 Å². The standard InChI is InChI=1S/C19H22N6O2/c1-24-17(11-25-6-5-20-12-25)22-23-19(24)14-9-15(10-14)21-18(27)8-13-3-2-4-16(26)7-13/h2-7,12,14-15,26H,8-11H2,1H3,(H,21,27). The molecule has 0 bridgehead atoms. The van der Waals surface area contributed by atoms with E-state index in [1.807, 2.05) is 28.4 Å². The van der Waals surface area contributed by atoms with Crippen molar-refractivity contribution in [2.45, 2.75) is 37.8 Å². The first-order valence-corrected chi connectivity index (χ1v) is 8.99. The largest absolute Gasteiger partial charge is 0.508 e. The number of aromatic nitrogens is 5. The van der Waals surface area contributed by atoms with E-state index in [0.717, 1.165) is 30.1 Å². The molecule has 0 radical (unpaired) electrons. The summed E-state index contributed by atoms with van der Waals surface area (Å²) in [4.78, 5) is 16.2. The zero-order chi connectivity index (χ0) is 18.8. The van der Waals surface area contributed by atoms with E-state index in [9.17, 15) is 9.90 Å². The topological polar surface area (TPSA) is 97.9 Å². The molecule has 1 saturated carbocycles. The Labute approximate surface area is 156 Å². The third kappa shape index (κ3) is 3.84. The summed E-state index contributed by atoms with van der Waals surface area (Å²) in [7, 11) is 1.98. The van der Waals surface area contributed by atoms with Crippen LogP contribution in [-0.2, 0) is 24.8 Å². The molecule has 1 aliphatic carbocycles. The van der Waals surface area contributed by atoms with Crippen LogP contribution >= 0.6 is 0 Å². The molecule has 0 saturated heterocycles. The number of phenols is 1. The fourth-order valence-corrected chi connectivity index (χ4v) is 3.49. The van der Waals surface area contributed by atoms with Gasteiger partial charge in [0.1, 0.15) is 11.6 Å². The van der Waals surface area contributed by atoms with Crippen LogP contribution in [0.1, 0.15) is 36.0 Å². The molecule has 2 aromatic heterocycles. The Bertz CT molecular complexity index is 928. The lowest BCUT2D eigenvalue weighted by Crippen LogP contribution is -2.44. The highest BCUT2D eigenvalue weighted by Crippen LogP contribution is 2.36. The van der Waals surface area contributed by atoms with Crippen molar-refractivity contribution in [3.63, 3.8) is 0 Å². The Kier molecular flexibility index (Phi) is 4.62. The Balaban J connectivity index is 1.29. The average molecular weight is 366 g/mol. The lowest BCUT2D eigenvalue weighted by molar-refractivity contribution is -0.121. The van der Waals surface area contributed by atoms with Crippen molar-refractivity contribution >= 4 is 5.91 Å². The number of rotatable bonds is 6. The Morgan fingerprint density at radius 2 is 2.19 bits per heavy atom. The summed E-state index contributed by atoms with van der Waals surface area (Å²) in [6.07, 6.45) is 7.40. The molecule has 2 heterocycles. The molecule has 0 unspecified atom stereocenters. The predicted molar refractivity (Wildman–Crippen MR) is 98.0 cm³/mol. The summed E-state index contributed by atoms with van der Waals surface area (Å²) in [6.45, 7) is 0.639. The van der Waals surface area contributed by atoms with Crippen LogP contribution in [0, 0.1) is 0 Å². The van der Waals surface area contributed by atoms with Gasteiger partial charge in [-0.05, 0) is 30.5 Å². The second kappa shape index (κ2) is 7.22. The molecule has 1 aromatic carbocycles. The van der Waals surface area contributed by atoms with Crippen molar-refractivity contribution in [1.82, 2.24) is 29.6 Å². The van der Waals surface area contributed by atoms with E-state index in [4.69, 9.17) is 0 Å². The Morgan fingerprint density at radius 1 is 1.33 bits per heavy atom. The maximum Gasteiger partial charge on any atom is 0.224 e. The van der Waals surface area contributed by atoms with Crippen molar-refractivity contribution in [3.05, 3.63) is 60.2 Å². The van der Waals surface area contributed by atoms with E-state index < -0.39 is 0 Å². The van der Waals surface area contributed by atoms with Crippen LogP contribution in [0.5, 0.6) is 5.75 Å². The highest BCUT2D eigenvalue weighted by molar-refractivity contribution is 5.79. The Morgan fingerprint density at radius 3 is 2.93 bits per heavy atom. The minimum atomic E-state index is -0.0252. The number of nitrogens with zero attached hydrogens (tertiary/aromatic N) is 5. The van der Waals surface area contributed by atoms with Gasteiger partial charge in [-0.25, -0.2) is 4.98 Å². The van der Waals surface area contributed by atoms with E-state index in [2.05, 4.69) is 20.5 Å². The minimum Gasteiger partial charge on any atom is -0.508 e. The summed E-state index contributed by atoms with van der Waals surface area (Å²) in [5.74, 6) is 2.31. The molecule has 0 spiro atoms. The van der Waals surface area contributed by atoms with Crippen molar-refractivity contribution < 1.29 is 9.90 Å². The van der Waals surface area contributed by atoms with Gasteiger partial charge in [0.15, 0.2) is 5.82 Å². The third-order valence-electron chi connectivity index (χ3n) is 5.03. The number of benzene rings is 1. The SMILES string of the molecule is Cn1c(Cn2ccnc2)nnc1C1CC(NC(=O)Cc2cccc(O)c2)C1. The van der Waals surface area contributed by atoms with Crippen LogP contribution in [-0.4, -0.2) is 41.4 Å². The van der Waals surface area contributed by atoms with Gasteiger partial charge in [0.2, 0.25) is 5.91 Å². The monoisotopic (exact) mass is 366 g/mol. The van der Waals surface area contributed by atoms with Gasteiger partial charge >= 0.3 is 0 Å². The second-order valence-electron chi connectivity index (χ2n) is 7.05. The van der Waals surface area contributed by atoms with Crippen molar-refractivity contribution in [1.29, 1.82) is 0 Å². The zero-order valence-corrected chi connectivity index (χ0v) is 15.1. The van der Waals surface area contributed by atoms with E-state index in [0.29, 0.717) is 12.5 Å². The fraction of sp³-hybridized carbons (Fsp3) is 0.368. The number of carbonyl (C=O) groups excluding carboxylic acids is 1. The van der Waals surface area contributed by atoms with Gasteiger partial charge in [0.05, 0.1) is 19.3 Å². The van der Waals surface area contributed by atoms with Crippen LogP contribution in [0.25, 0.3) is 0 Å². The number of imidazole rings is 1. The van der Waals surface area contributed by atoms with Crippen LogP contribution in [0.4, 0.5) is 0 Å². The summed E-state index contributed by atoms with van der Waals surface area (Å²) < 4.78 is 3.99. The summed E-state index contributed by atoms with van der Waals surface area (Å²) in [5.41, 5.74) is 0.806. The molecule has 140 valence electrons. The van der Waals surface area contributed by atoms with Gasteiger partial charge in [-0.15, -0.1) is 10.2 Å². The summed E-state index contributed by atoms with van der Waals surface area (Å²) >= 11 is 0. The Hall–Kier alpha value is -3.16. The fourth-order valence-electron chi connectivity index (χ4n) is 3.49. The molecular formula is C19H22N6O2. The van der Waals surface area contributed by atoms with Crippen molar-refractivity contribution in [2.24, 2.45) is 7.05 Å². The van der Waals surface area contributed by atoms with Gasteiger partial charge in [0, 0.05) is 31.4 Å². The normalized spacial score (nSPS) is 18.9. The number of nitrogens with one attached hydrogen (secondary N) is 1. The first-order valence-electron chi connectivity index (χ1n) is 8.99. The van der Waals surface area contributed by atoms with E-state index in [1.54, 1.807) is 30.7 Å². The first kappa shape index (κ1) is 17.3. The molecule has 2 N–H and O–H groups in total. The van der Waals surface area contributed by atoms with Crippen LogP contribution < -0.4 is 5.32 Å². The van der Waals surface area contributed by atoms with E-state index in [1.165, 1.54) is 0 Å². The van der Waals surface area contributed by atoms with Crippen LogP contribution in [0.3, 0.4) is 0 Å². The molecule has 3 aromatic rings. The zero-order valence-electron chi connectivity index (χ0n) is 15.1. The smallest absolute Gasteiger partial charge is 0.224 e. The highest BCUT2D eigenvalue weighted by atomic mass is 16.3. The lowest BCUT2D eigenvalue weighted by atomic mass is 9.79. The highest BCUT2D eigenvalue weighted by Gasteiger charge is 2.34. The molecule has 0 aliphatic heterocycles. The van der Waals surface area contributed by atoms with Crippen LogP contribution in [0.15, 0.2) is 43.0 Å². The molecular weight excluding hydrogens is 344 g/mol. The number of aromatic hydroxyl groups is 1. The van der Waals surface area contributed by atoms with Crippen molar-refractivity contribution in [2.75, 3.05) is 0 Å². The molecule has 1 fully saturated rings. The van der Waals surface area contributed by atoms with Crippen molar-refractivity contribution in [3.8, 4) is 5.75 Å². The quantitative estimate of drug-likeness (QED) is 0.687. The molecule has 8 heteroatoms. The molecule has 8 nitrogen and oxygen atoms in total. The van der Waals surface area contributed by atoms with Gasteiger partial charge in [0.25, 0.3) is 0 Å². The first-order chi connectivity index (χ1) is 13.1. The molecule has 0 atom stereocenters. The minimum absolute atomic E-state index is 0.0252. The van der Waals surface area contributed by atoms with Crippen LogP contribution in [0.2, 0.25) is 0 Å². The molecule has 4 rings (SSSR count). The van der Waals surface area contributed by atoms with E-state index in [-0.39, 0.29) is 24.1 Å². The third-order valence-corrected chi connectivity index (χ3v) is 5.03. The summed E-state index contributed by atoms with van der Waals surface area (Å²) in [5, 5.41) is 21.2. The molecule has 1 amide bonds.